The summed E-state index contributed by atoms with van der Waals surface area (Å²) < 4.78 is 5.83. The molecule has 1 heterocycles. The fourth-order valence-corrected chi connectivity index (χ4v) is 2.53. The van der Waals surface area contributed by atoms with E-state index in [4.69, 9.17) is 9.52 Å². The minimum Gasteiger partial charge on any atom is -0.441 e. The number of aliphatic hydroxyl groups is 1. The van der Waals surface area contributed by atoms with Crippen molar-refractivity contribution in [3.63, 3.8) is 0 Å². The van der Waals surface area contributed by atoms with Crippen molar-refractivity contribution in [2.75, 3.05) is 20.2 Å². The van der Waals surface area contributed by atoms with Crippen LogP contribution in [0.25, 0.3) is 22.2 Å². The summed E-state index contributed by atoms with van der Waals surface area (Å²) in [6, 6.07) is 14.5. The average Bonchev–Trinajstić information content (AvgIpc) is 2.88. The van der Waals surface area contributed by atoms with E-state index in [1.807, 2.05) is 37.1 Å². The van der Waals surface area contributed by atoms with Crippen molar-refractivity contribution in [3.8, 4) is 11.5 Å². The molecule has 1 aromatic heterocycles. The summed E-state index contributed by atoms with van der Waals surface area (Å²) in [6.07, 6.45) is 0. The Morgan fingerprint density at radius 1 is 1.14 bits per heavy atom. The molecule has 4 nitrogen and oxygen atoms in total. The molecule has 4 heteroatoms. The number of aromatic nitrogens is 1. The van der Waals surface area contributed by atoms with Crippen molar-refractivity contribution in [3.05, 3.63) is 53.9 Å². The van der Waals surface area contributed by atoms with E-state index in [1.165, 1.54) is 10.8 Å². The van der Waals surface area contributed by atoms with Crippen molar-refractivity contribution in [2.45, 2.75) is 13.5 Å². The van der Waals surface area contributed by atoms with Crippen molar-refractivity contribution in [1.29, 1.82) is 0 Å². The molecule has 22 heavy (non-hydrogen) atoms. The molecule has 0 aliphatic heterocycles. The van der Waals surface area contributed by atoms with Crippen LogP contribution in [-0.4, -0.2) is 35.2 Å². The molecule has 0 saturated carbocycles. The molecule has 2 aromatic carbocycles. The van der Waals surface area contributed by atoms with E-state index in [2.05, 4.69) is 29.2 Å². The first-order valence-corrected chi connectivity index (χ1v) is 7.42. The molecule has 0 unspecified atom stereocenters. The van der Waals surface area contributed by atoms with Gasteiger partial charge in [0.05, 0.1) is 12.3 Å². The van der Waals surface area contributed by atoms with Gasteiger partial charge in [0.1, 0.15) is 5.76 Å². The van der Waals surface area contributed by atoms with Gasteiger partial charge in [-0.25, -0.2) is 4.98 Å². The molecule has 3 aromatic rings. The molecular formula is C18H20N2O2. The first-order valence-electron chi connectivity index (χ1n) is 7.42. The quantitative estimate of drug-likeness (QED) is 0.785. The fourth-order valence-electron chi connectivity index (χ4n) is 2.53. The van der Waals surface area contributed by atoms with Gasteiger partial charge in [0.2, 0.25) is 5.89 Å². The molecular weight excluding hydrogens is 276 g/mol. The normalized spacial score (nSPS) is 11.5. The number of benzene rings is 2. The summed E-state index contributed by atoms with van der Waals surface area (Å²) in [4.78, 5) is 6.64. The van der Waals surface area contributed by atoms with E-state index in [0.717, 1.165) is 17.0 Å². The number of hydrogen-bond acceptors (Lipinski definition) is 4. The van der Waals surface area contributed by atoms with Crippen LogP contribution in [0, 0.1) is 6.92 Å². The molecule has 114 valence electrons. The number of aryl methyl sites for hydroxylation is 1. The lowest BCUT2D eigenvalue weighted by atomic mass is 10.1. The molecule has 0 aliphatic rings. The summed E-state index contributed by atoms with van der Waals surface area (Å²) in [6.45, 7) is 3.37. The molecule has 0 radical (unpaired) electrons. The molecule has 3 rings (SSSR count). The van der Waals surface area contributed by atoms with Gasteiger partial charge >= 0.3 is 0 Å². The molecule has 0 amide bonds. The third kappa shape index (κ3) is 3.03. The topological polar surface area (TPSA) is 49.5 Å². The Morgan fingerprint density at radius 3 is 2.68 bits per heavy atom. The molecule has 0 spiro atoms. The van der Waals surface area contributed by atoms with Gasteiger partial charge in [-0.1, -0.05) is 30.3 Å². The van der Waals surface area contributed by atoms with Gasteiger partial charge in [-0.2, -0.15) is 0 Å². The zero-order valence-corrected chi connectivity index (χ0v) is 12.9. The van der Waals surface area contributed by atoms with Crippen molar-refractivity contribution in [2.24, 2.45) is 0 Å². The van der Waals surface area contributed by atoms with Crippen LogP contribution in [0.5, 0.6) is 0 Å². The number of aliphatic hydroxyl groups excluding tert-OH is 1. The van der Waals surface area contributed by atoms with Gasteiger partial charge in [0, 0.05) is 18.7 Å². The predicted molar refractivity (Wildman–Crippen MR) is 87.6 cm³/mol. The van der Waals surface area contributed by atoms with Gasteiger partial charge in [-0.05, 0) is 36.9 Å². The maximum atomic E-state index is 8.98. The molecule has 0 aliphatic carbocycles. The third-order valence-electron chi connectivity index (χ3n) is 3.79. The standard InChI is InChI=1S/C18H20N2O2/c1-13-17(12-20(2)9-10-21)19-18(22-13)16-8-7-14-5-3-4-6-15(14)11-16/h3-8,11,21H,9-10,12H2,1-2H3. The van der Waals surface area contributed by atoms with E-state index in [9.17, 15) is 0 Å². The van der Waals surface area contributed by atoms with Crippen LogP contribution in [0.1, 0.15) is 11.5 Å². The Balaban J connectivity index is 1.90. The summed E-state index contributed by atoms with van der Waals surface area (Å²) in [5.74, 6) is 1.48. The third-order valence-corrected chi connectivity index (χ3v) is 3.79. The van der Waals surface area contributed by atoms with Crippen LogP contribution >= 0.6 is 0 Å². The number of hydrogen-bond donors (Lipinski definition) is 1. The van der Waals surface area contributed by atoms with Crippen LogP contribution in [0.15, 0.2) is 46.9 Å². The Hall–Kier alpha value is -2.17. The highest BCUT2D eigenvalue weighted by Gasteiger charge is 2.13. The summed E-state index contributed by atoms with van der Waals surface area (Å²) in [5, 5.41) is 11.4. The number of likely N-dealkylation sites (N-methyl/N-ethyl adjacent to an activating group) is 1. The Bertz CT molecular complexity index is 780. The van der Waals surface area contributed by atoms with Crippen LogP contribution in [0.4, 0.5) is 0 Å². The lowest BCUT2D eigenvalue weighted by Gasteiger charge is -2.12. The lowest BCUT2D eigenvalue weighted by Crippen LogP contribution is -2.22. The Morgan fingerprint density at radius 2 is 1.91 bits per heavy atom. The van der Waals surface area contributed by atoms with E-state index in [0.29, 0.717) is 19.0 Å². The zero-order chi connectivity index (χ0) is 15.5. The summed E-state index contributed by atoms with van der Waals surface area (Å²) >= 11 is 0. The predicted octanol–water partition coefficient (Wildman–Crippen LogP) is 3.23. The monoisotopic (exact) mass is 296 g/mol. The van der Waals surface area contributed by atoms with E-state index in [1.54, 1.807) is 0 Å². The number of nitrogens with zero attached hydrogens (tertiary/aromatic N) is 2. The smallest absolute Gasteiger partial charge is 0.226 e. The van der Waals surface area contributed by atoms with Crippen LogP contribution < -0.4 is 0 Å². The second kappa shape index (κ2) is 6.30. The van der Waals surface area contributed by atoms with Gasteiger partial charge in [0.15, 0.2) is 0 Å². The summed E-state index contributed by atoms with van der Waals surface area (Å²) in [5.41, 5.74) is 1.90. The second-order valence-electron chi connectivity index (χ2n) is 5.55. The average molecular weight is 296 g/mol. The van der Waals surface area contributed by atoms with Crippen molar-refractivity contribution in [1.82, 2.24) is 9.88 Å². The van der Waals surface area contributed by atoms with Gasteiger partial charge < -0.3 is 9.52 Å². The van der Waals surface area contributed by atoms with Crippen LogP contribution in [0.2, 0.25) is 0 Å². The Labute approximate surface area is 130 Å². The van der Waals surface area contributed by atoms with E-state index < -0.39 is 0 Å². The number of rotatable bonds is 5. The maximum Gasteiger partial charge on any atom is 0.226 e. The highest BCUT2D eigenvalue weighted by atomic mass is 16.4. The minimum absolute atomic E-state index is 0.144. The molecule has 0 fully saturated rings. The molecule has 1 N–H and O–H groups in total. The largest absolute Gasteiger partial charge is 0.441 e. The summed E-state index contributed by atoms with van der Waals surface area (Å²) in [7, 11) is 1.96. The fraction of sp³-hybridized carbons (Fsp3) is 0.278. The molecule has 0 atom stereocenters. The second-order valence-corrected chi connectivity index (χ2v) is 5.55. The number of fused-ring (bicyclic) bond motifs is 1. The first-order chi connectivity index (χ1) is 10.7. The highest BCUT2D eigenvalue weighted by molar-refractivity contribution is 5.86. The zero-order valence-electron chi connectivity index (χ0n) is 12.9. The highest BCUT2D eigenvalue weighted by Crippen LogP contribution is 2.26. The molecule has 0 bridgehead atoms. The minimum atomic E-state index is 0.144. The van der Waals surface area contributed by atoms with Crippen molar-refractivity contribution >= 4 is 10.8 Å². The van der Waals surface area contributed by atoms with Gasteiger partial charge in [0.25, 0.3) is 0 Å². The van der Waals surface area contributed by atoms with Gasteiger partial charge in [-0.15, -0.1) is 0 Å². The van der Waals surface area contributed by atoms with Crippen molar-refractivity contribution < 1.29 is 9.52 Å². The SMILES string of the molecule is Cc1oc(-c2ccc3ccccc3c2)nc1CN(C)CCO. The maximum absolute atomic E-state index is 8.98. The molecule has 0 saturated heterocycles. The van der Waals surface area contributed by atoms with Gasteiger partial charge in [-0.3, -0.25) is 4.90 Å². The first kappa shape index (κ1) is 14.8. The van der Waals surface area contributed by atoms with Crippen LogP contribution in [0.3, 0.4) is 0 Å². The van der Waals surface area contributed by atoms with E-state index in [-0.39, 0.29) is 6.61 Å². The van der Waals surface area contributed by atoms with Crippen LogP contribution in [-0.2, 0) is 6.54 Å². The Kier molecular flexibility index (Phi) is 4.22. The van der Waals surface area contributed by atoms with E-state index >= 15 is 0 Å². The number of oxazole rings is 1. The lowest BCUT2D eigenvalue weighted by molar-refractivity contribution is 0.215.